The van der Waals surface area contributed by atoms with E-state index in [1.165, 1.54) is 24.3 Å². The van der Waals surface area contributed by atoms with Gasteiger partial charge in [-0.3, -0.25) is 4.79 Å². The van der Waals surface area contributed by atoms with Gasteiger partial charge in [-0.15, -0.1) is 0 Å². The van der Waals surface area contributed by atoms with Gasteiger partial charge in [0.05, 0.1) is 0 Å². The van der Waals surface area contributed by atoms with E-state index in [4.69, 9.17) is 0 Å². The Labute approximate surface area is 118 Å². The van der Waals surface area contributed by atoms with E-state index in [0.717, 1.165) is 6.42 Å². The highest BCUT2D eigenvalue weighted by Gasteiger charge is 2.38. The molecule has 2 aromatic rings. The van der Waals surface area contributed by atoms with Crippen molar-refractivity contribution in [2.45, 2.75) is 19.5 Å². The predicted molar refractivity (Wildman–Crippen MR) is 67.4 cm³/mol. The standard InChI is InChI=1S/C13H12F3N3O2/c1-2-7-17-11(20)9-5-3-8(4-6-9)10-18-12(21-19-10)13(14,15)16/h3-6H,2,7H2,1H3,(H,17,20). The summed E-state index contributed by atoms with van der Waals surface area (Å²) in [5.74, 6) is -1.82. The lowest BCUT2D eigenvalue weighted by molar-refractivity contribution is -0.159. The second-order valence-corrected chi connectivity index (χ2v) is 4.25. The van der Waals surface area contributed by atoms with Crippen LogP contribution in [0.4, 0.5) is 13.2 Å². The van der Waals surface area contributed by atoms with Gasteiger partial charge >= 0.3 is 12.1 Å². The largest absolute Gasteiger partial charge is 0.471 e. The number of rotatable bonds is 4. The third-order valence-corrected chi connectivity index (χ3v) is 2.61. The molecule has 8 heteroatoms. The molecule has 0 radical (unpaired) electrons. The molecule has 0 aliphatic rings. The monoisotopic (exact) mass is 299 g/mol. The van der Waals surface area contributed by atoms with Gasteiger partial charge in [-0.25, -0.2) is 0 Å². The third-order valence-electron chi connectivity index (χ3n) is 2.61. The fourth-order valence-electron chi connectivity index (χ4n) is 1.57. The number of aromatic nitrogens is 2. The fourth-order valence-corrected chi connectivity index (χ4v) is 1.57. The summed E-state index contributed by atoms with van der Waals surface area (Å²) < 4.78 is 41.2. The summed E-state index contributed by atoms with van der Waals surface area (Å²) in [6, 6.07) is 5.91. The van der Waals surface area contributed by atoms with E-state index in [2.05, 4.69) is 20.0 Å². The lowest BCUT2D eigenvalue weighted by atomic mass is 10.1. The average Bonchev–Trinajstić information content (AvgIpc) is 2.95. The topological polar surface area (TPSA) is 68.0 Å². The minimum atomic E-state index is -4.68. The summed E-state index contributed by atoms with van der Waals surface area (Å²) in [7, 11) is 0. The molecule has 0 saturated heterocycles. The molecule has 0 atom stereocenters. The number of hydrogen-bond donors (Lipinski definition) is 1. The van der Waals surface area contributed by atoms with Crippen LogP contribution in [0.25, 0.3) is 11.4 Å². The molecular weight excluding hydrogens is 287 g/mol. The summed E-state index contributed by atoms with van der Waals surface area (Å²) in [6.45, 7) is 2.48. The van der Waals surface area contributed by atoms with Gasteiger partial charge in [0.15, 0.2) is 0 Å². The van der Waals surface area contributed by atoms with E-state index in [0.29, 0.717) is 17.7 Å². The van der Waals surface area contributed by atoms with Crippen LogP contribution in [0.1, 0.15) is 29.6 Å². The summed E-state index contributed by atoms with van der Waals surface area (Å²) in [5, 5.41) is 5.96. The number of carbonyl (C=O) groups is 1. The summed E-state index contributed by atoms with van der Waals surface area (Å²) in [5.41, 5.74) is 0.744. The molecule has 21 heavy (non-hydrogen) atoms. The van der Waals surface area contributed by atoms with Crippen LogP contribution < -0.4 is 5.32 Å². The molecule has 2 rings (SSSR count). The number of alkyl halides is 3. The van der Waals surface area contributed by atoms with Crippen LogP contribution in [0.5, 0.6) is 0 Å². The van der Waals surface area contributed by atoms with Crippen LogP contribution in [0.3, 0.4) is 0 Å². The molecule has 5 nitrogen and oxygen atoms in total. The van der Waals surface area contributed by atoms with Crippen LogP contribution in [0.2, 0.25) is 0 Å². The van der Waals surface area contributed by atoms with Crippen molar-refractivity contribution in [2.75, 3.05) is 6.54 Å². The normalized spacial score (nSPS) is 11.4. The number of benzene rings is 1. The van der Waals surface area contributed by atoms with Crippen molar-refractivity contribution in [1.29, 1.82) is 0 Å². The minimum absolute atomic E-state index is 0.178. The molecule has 1 aromatic carbocycles. The van der Waals surface area contributed by atoms with Gasteiger partial charge in [0.25, 0.3) is 5.91 Å². The zero-order valence-electron chi connectivity index (χ0n) is 11.1. The van der Waals surface area contributed by atoms with Crippen molar-refractivity contribution in [2.24, 2.45) is 0 Å². The summed E-state index contributed by atoms with van der Waals surface area (Å²) in [4.78, 5) is 14.9. The Morgan fingerprint density at radius 1 is 1.29 bits per heavy atom. The Morgan fingerprint density at radius 3 is 2.48 bits per heavy atom. The molecule has 112 valence electrons. The van der Waals surface area contributed by atoms with Gasteiger partial charge in [0, 0.05) is 17.7 Å². The number of halogens is 3. The van der Waals surface area contributed by atoms with Crippen molar-refractivity contribution >= 4 is 5.91 Å². The summed E-state index contributed by atoms with van der Waals surface area (Å²) >= 11 is 0. The molecule has 0 aliphatic heterocycles. The third kappa shape index (κ3) is 3.59. The zero-order chi connectivity index (χ0) is 15.5. The van der Waals surface area contributed by atoms with Gasteiger partial charge in [-0.2, -0.15) is 18.2 Å². The number of nitrogens with one attached hydrogen (secondary N) is 1. The van der Waals surface area contributed by atoms with E-state index in [1.54, 1.807) is 0 Å². The lowest BCUT2D eigenvalue weighted by Crippen LogP contribution is -2.23. The fraction of sp³-hybridized carbons (Fsp3) is 0.308. The molecule has 0 unspecified atom stereocenters. The zero-order valence-corrected chi connectivity index (χ0v) is 11.1. The van der Waals surface area contributed by atoms with E-state index in [-0.39, 0.29) is 11.7 Å². The van der Waals surface area contributed by atoms with Crippen LogP contribution >= 0.6 is 0 Å². The van der Waals surface area contributed by atoms with Crippen LogP contribution in [-0.4, -0.2) is 22.6 Å². The van der Waals surface area contributed by atoms with Gasteiger partial charge in [0.1, 0.15) is 0 Å². The second kappa shape index (κ2) is 5.94. The first kappa shape index (κ1) is 15.0. The summed E-state index contributed by atoms with van der Waals surface area (Å²) in [6.07, 6.45) is -3.86. The SMILES string of the molecule is CCCNC(=O)c1ccc(-c2noc(C(F)(F)F)n2)cc1. The Balaban J connectivity index is 2.15. The molecule has 1 heterocycles. The maximum absolute atomic E-state index is 12.4. The molecule has 0 aliphatic carbocycles. The van der Waals surface area contributed by atoms with Crippen LogP contribution in [-0.2, 0) is 6.18 Å². The van der Waals surface area contributed by atoms with E-state index < -0.39 is 12.1 Å². The Kier molecular flexibility index (Phi) is 4.25. The van der Waals surface area contributed by atoms with Crippen molar-refractivity contribution in [3.05, 3.63) is 35.7 Å². The maximum atomic E-state index is 12.4. The first-order valence-electron chi connectivity index (χ1n) is 6.21. The van der Waals surface area contributed by atoms with Crippen LogP contribution in [0.15, 0.2) is 28.8 Å². The molecule has 1 amide bonds. The highest BCUT2D eigenvalue weighted by molar-refractivity contribution is 5.94. The van der Waals surface area contributed by atoms with E-state index in [9.17, 15) is 18.0 Å². The Hall–Kier alpha value is -2.38. The molecule has 0 saturated carbocycles. The first-order chi connectivity index (χ1) is 9.91. The molecule has 0 fully saturated rings. The quantitative estimate of drug-likeness (QED) is 0.942. The maximum Gasteiger partial charge on any atom is 0.471 e. The lowest BCUT2D eigenvalue weighted by Gasteiger charge is -2.03. The van der Waals surface area contributed by atoms with Gasteiger partial charge in [-0.1, -0.05) is 24.2 Å². The molecule has 1 N–H and O–H groups in total. The van der Waals surface area contributed by atoms with Gasteiger partial charge in [0.2, 0.25) is 5.82 Å². The van der Waals surface area contributed by atoms with Crippen molar-refractivity contribution in [3.8, 4) is 11.4 Å². The van der Waals surface area contributed by atoms with E-state index >= 15 is 0 Å². The van der Waals surface area contributed by atoms with Crippen molar-refractivity contribution in [3.63, 3.8) is 0 Å². The molecule has 1 aromatic heterocycles. The van der Waals surface area contributed by atoms with Gasteiger partial charge in [-0.05, 0) is 18.6 Å². The number of nitrogens with zero attached hydrogens (tertiary/aromatic N) is 2. The van der Waals surface area contributed by atoms with Crippen molar-refractivity contribution < 1.29 is 22.5 Å². The van der Waals surface area contributed by atoms with E-state index in [1.807, 2.05) is 6.92 Å². The minimum Gasteiger partial charge on any atom is -0.352 e. The first-order valence-corrected chi connectivity index (χ1v) is 6.21. The Bertz CT molecular complexity index is 620. The molecule has 0 spiro atoms. The smallest absolute Gasteiger partial charge is 0.352 e. The average molecular weight is 299 g/mol. The molecule has 0 bridgehead atoms. The predicted octanol–water partition coefficient (Wildman–Crippen LogP) is 2.90. The number of hydrogen-bond acceptors (Lipinski definition) is 4. The van der Waals surface area contributed by atoms with Crippen LogP contribution in [0, 0.1) is 0 Å². The highest BCUT2D eigenvalue weighted by atomic mass is 19.4. The second-order valence-electron chi connectivity index (χ2n) is 4.25. The van der Waals surface area contributed by atoms with Crippen molar-refractivity contribution in [1.82, 2.24) is 15.5 Å². The van der Waals surface area contributed by atoms with Gasteiger partial charge < -0.3 is 9.84 Å². The Morgan fingerprint density at radius 2 is 1.95 bits per heavy atom. The highest BCUT2D eigenvalue weighted by Crippen LogP contribution is 2.29. The number of carbonyl (C=O) groups excluding carboxylic acids is 1. The number of amides is 1. The molecular formula is C13H12F3N3O2.